The number of fused-ring (bicyclic) bond motifs is 1. The van der Waals surface area contributed by atoms with E-state index in [4.69, 9.17) is 30.8 Å². The number of imidazole rings is 1. The molecule has 0 spiro atoms. The quantitative estimate of drug-likeness (QED) is 0.564. The molecule has 0 aliphatic carbocycles. The molecule has 2 atom stereocenters. The van der Waals surface area contributed by atoms with Gasteiger partial charge in [-0.05, 0) is 31.7 Å². The summed E-state index contributed by atoms with van der Waals surface area (Å²) in [5, 5.41) is 0.568. The summed E-state index contributed by atoms with van der Waals surface area (Å²) in [6.45, 7) is 8.00. The predicted molar refractivity (Wildman–Crippen MR) is 129 cm³/mol. The van der Waals surface area contributed by atoms with Gasteiger partial charge in [0.15, 0.2) is 11.8 Å². The molecular formula is C24H30ClN5O3. The van der Waals surface area contributed by atoms with Crippen LogP contribution in [0.15, 0.2) is 30.3 Å². The molecule has 2 aliphatic heterocycles. The molecule has 176 valence electrons. The number of halogens is 1. The van der Waals surface area contributed by atoms with E-state index in [0.717, 1.165) is 43.7 Å². The highest BCUT2D eigenvalue weighted by atomic mass is 35.5. The zero-order valence-electron chi connectivity index (χ0n) is 19.1. The van der Waals surface area contributed by atoms with Gasteiger partial charge in [0.05, 0.1) is 29.4 Å². The largest absolute Gasteiger partial charge is 0.456 e. The third-order valence-corrected chi connectivity index (χ3v) is 6.48. The first-order chi connectivity index (χ1) is 16.1. The van der Waals surface area contributed by atoms with Crippen molar-refractivity contribution in [2.24, 2.45) is 0 Å². The van der Waals surface area contributed by atoms with E-state index in [-0.39, 0.29) is 12.2 Å². The average molecular weight is 472 g/mol. The van der Waals surface area contributed by atoms with E-state index in [1.807, 2.05) is 6.07 Å². The number of benzene rings is 1. The number of piperazine rings is 1. The van der Waals surface area contributed by atoms with Crippen LogP contribution in [-0.4, -0.2) is 85.1 Å². The third kappa shape index (κ3) is 4.94. The molecule has 0 radical (unpaired) electrons. The third-order valence-electron chi connectivity index (χ3n) is 6.19. The van der Waals surface area contributed by atoms with Crippen LogP contribution in [0.25, 0.3) is 22.4 Å². The molecule has 4 heterocycles. The minimum atomic E-state index is -0.200. The second-order valence-corrected chi connectivity index (χ2v) is 9.08. The number of aromatic amines is 1. The van der Waals surface area contributed by atoms with E-state index in [9.17, 15) is 0 Å². The summed E-state index contributed by atoms with van der Waals surface area (Å²) in [5.41, 5.74) is 4.19. The standard InChI is InChI=1S/C24H30ClN5O3/c1-3-12-32-20-14-31-15-21(20)33-24-26-19-13-18(25)22(27-23(19)28-24)16-4-6-17(7-5-16)30-10-8-29(2)9-11-30/h4-7,13,20-21H,3,8-12,14-15H2,1-2H3,(H,26,27,28)/t20-,21?/m0/s1. The van der Waals surface area contributed by atoms with E-state index < -0.39 is 0 Å². The summed E-state index contributed by atoms with van der Waals surface area (Å²) in [6, 6.07) is 10.7. The number of hydrogen-bond acceptors (Lipinski definition) is 7. The van der Waals surface area contributed by atoms with Crippen molar-refractivity contribution in [2.45, 2.75) is 25.6 Å². The molecular weight excluding hydrogens is 442 g/mol. The van der Waals surface area contributed by atoms with Crippen molar-refractivity contribution in [3.8, 4) is 17.3 Å². The van der Waals surface area contributed by atoms with Crippen molar-refractivity contribution in [1.29, 1.82) is 0 Å². The summed E-state index contributed by atoms with van der Waals surface area (Å²) in [5.74, 6) is 0. The van der Waals surface area contributed by atoms with Gasteiger partial charge in [0, 0.05) is 44.0 Å². The van der Waals surface area contributed by atoms with Gasteiger partial charge in [-0.15, -0.1) is 0 Å². The maximum absolute atomic E-state index is 6.60. The van der Waals surface area contributed by atoms with Crippen LogP contribution < -0.4 is 9.64 Å². The van der Waals surface area contributed by atoms with Crippen molar-refractivity contribution in [2.75, 3.05) is 57.9 Å². The van der Waals surface area contributed by atoms with Crippen molar-refractivity contribution < 1.29 is 14.2 Å². The SMILES string of the molecule is CCCO[C@H]1COCC1Oc1nc2nc(-c3ccc(N4CCN(C)CC4)cc3)c(Cl)cc2[nH]1. The van der Waals surface area contributed by atoms with Gasteiger partial charge in [0.2, 0.25) is 0 Å². The Morgan fingerprint density at radius 3 is 2.61 bits per heavy atom. The van der Waals surface area contributed by atoms with E-state index in [2.05, 4.69) is 58.0 Å². The Balaban J connectivity index is 1.33. The number of nitrogens with one attached hydrogen (secondary N) is 1. The van der Waals surface area contributed by atoms with Gasteiger partial charge in [-0.25, -0.2) is 4.98 Å². The molecule has 8 nitrogen and oxygen atoms in total. The Bertz CT molecular complexity index is 1080. The van der Waals surface area contributed by atoms with Crippen LogP contribution in [0.3, 0.4) is 0 Å². The number of ether oxygens (including phenoxy) is 3. The van der Waals surface area contributed by atoms with Crippen LogP contribution >= 0.6 is 11.6 Å². The molecule has 5 rings (SSSR count). The summed E-state index contributed by atoms with van der Waals surface area (Å²) in [6.07, 6.45) is 0.661. The van der Waals surface area contributed by atoms with Gasteiger partial charge in [0.25, 0.3) is 6.01 Å². The normalized spacial score (nSPS) is 21.7. The lowest BCUT2D eigenvalue weighted by atomic mass is 10.1. The number of pyridine rings is 1. The smallest absolute Gasteiger partial charge is 0.296 e. The minimum Gasteiger partial charge on any atom is -0.456 e. The summed E-state index contributed by atoms with van der Waals surface area (Å²) < 4.78 is 17.4. The number of likely N-dealkylation sites (N-methyl/N-ethyl adjacent to an activating group) is 1. The lowest BCUT2D eigenvalue weighted by Gasteiger charge is -2.34. The lowest BCUT2D eigenvalue weighted by Crippen LogP contribution is -2.44. The molecule has 1 aromatic carbocycles. The molecule has 9 heteroatoms. The molecule has 2 aliphatic rings. The van der Waals surface area contributed by atoms with Gasteiger partial charge in [-0.2, -0.15) is 4.98 Å². The second-order valence-electron chi connectivity index (χ2n) is 8.67. The van der Waals surface area contributed by atoms with Crippen molar-refractivity contribution in [1.82, 2.24) is 19.9 Å². The predicted octanol–water partition coefficient (Wildman–Crippen LogP) is 3.60. The van der Waals surface area contributed by atoms with Gasteiger partial charge in [-0.1, -0.05) is 30.7 Å². The van der Waals surface area contributed by atoms with Crippen LogP contribution in [0.1, 0.15) is 13.3 Å². The second kappa shape index (κ2) is 9.85. The fraction of sp³-hybridized carbons (Fsp3) is 0.500. The molecule has 2 aromatic heterocycles. The molecule has 1 N–H and O–H groups in total. The highest BCUT2D eigenvalue weighted by molar-refractivity contribution is 6.33. The molecule has 2 fully saturated rings. The van der Waals surface area contributed by atoms with E-state index in [0.29, 0.717) is 42.2 Å². The summed E-state index contributed by atoms with van der Waals surface area (Å²) >= 11 is 6.60. The molecule has 0 saturated carbocycles. The fourth-order valence-electron chi connectivity index (χ4n) is 4.24. The topological polar surface area (TPSA) is 75.7 Å². The Morgan fingerprint density at radius 2 is 1.85 bits per heavy atom. The Morgan fingerprint density at radius 1 is 1.09 bits per heavy atom. The van der Waals surface area contributed by atoms with Crippen LogP contribution in [0, 0.1) is 0 Å². The number of rotatable bonds is 7. The van der Waals surface area contributed by atoms with Crippen LogP contribution in [0.4, 0.5) is 5.69 Å². The highest BCUT2D eigenvalue weighted by Gasteiger charge is 2.31. The van der Waals surface area contributed by atoms with Crippen molar-refractivity contribution in [3.63, 3.8) is 0 Å². The van der Waals surface area contributed by atoms with Gasteiger partial charge in [0.1, 0.15) is 6.10 Å². The molecule has 0 bridgehead atoms. The molecule has 2 saturated heterocycles. The first-order valence-corrected chi connectivity index (χ1v) is 11.9. The van der Waals surface area contributed by atoms with E-state index in [1.165, 1.54) is 5.69 Å². The summed E-state index contributed by atoms with van der Waals surface area (Å²) in [7, 11) is 2.16. The Hall–Kier alpha value is -2.39. The van der Waals surface area contributed by atoms with Crippen molar-refractivity contribution in [3.05, 3.63) is 35.4 Å². The molecule has 3 aromatic rings. The van der Waals surface area contributed by atoms with Gasteiger partial charge in [-0.3, -0.25) is 0 Å². The highest BCUT2D eigenvalue weighted by Crippen LogP contribution is 2.31. The molecule has 0 amide bonds. The van der Waals surface area contributed by atoms with E-state index >= 15 is 0 Å². The Kier molecular flexibility index (Phi) is 6.69. The first kappa shape index (κ1) is 22.4. The number of anilines is 1. The minimum absolute atomic E-state index is 0.0934. The maximum atomic E-state index is 6.60. The maximum Gasteiger partial charge on any atom is 0.296 e. The van der Waals surface area contributed by atoms with Crippen LogP contribution in [0.5, 0.6) is 6.01 Å². The number of nitrogens with zero attached hydrogens (tertiary/aromatic N) is 4. The Labute approximate surface area is 198 Å². The van der Waals surface area contributed by atoms with Crippen LogP contribution in [0.2, 0.25) is 5.02 Å². The van der Waals surface area contributed by atoms with Crippen LogP contribution in [-0.2, 0) is 9.47 Å². The molecule has 1 unspecified atom stereocenters. The summed E-state index contributed by atoms with van der Waals surface area (Å²) in [4.78, 5) is 17.2. The van der Waals surface area contributed by atoms with Gasteiger partial charge >= 0.3 is 0 Å². The zero-order valence-corrected chi connectivity index (χ0v) is 19.8. The average Bonchev–Trinajstić information content (AvgIpc) is 3.43. The molecule has 33 heavy (non-hydrogen) atoms. The lowest BCUT2D eigenvalue weighted by molar-refractivity contribution is -0.00235. The fourth-order valence-corrected chi connectivity index (χ4v) is 4.50. The van der Waals surface area contributed by atoms with Crippen molar-refractivity contribution >= 4 is 28.5 Å². The van der Waals surface area contributed by atoms with E-state index in [1.54, 1.807) is 0 Å². The number of hydrogen-bond donors (Lipinski definition) is 1. The number of H-pyrrole nitrogens is 1. The monoisotopic (exact) mass is 471 g/mol. The van der Waals surface area contributed by atoms with Gasteiger partial charge < -0.3 is 29.0 Å². The first-order valence-electron chi connectivity index (χ1n) is 11.6. The zero-order chi connectivity index (χ0) is 22.8. The number of aromatic nitrogens is 3.